The molecule has 5 nitrogen and oxygen atoms in total. The maximum absolute atomic E-state index is 12.6. The van der Waals surface area contributed by atoms with Gasteiger partial charge in [0.1, 0.15) is 5.69 Å². The number of hydrogen-bond donors (Lipinski definition) is 1. The van der Waals surface area contributed by atoms with E-state index in [0.717, 1.165) is 16.7 Å². The number of carboxylic acid groups (broad SMARTS) is 1. The van der Waals surface area contributed by atoms with E-state index >= 15 is 0 Å². The minimum Gasteiger partial charge on any atom is -0.478 e. The molecule has 1 N–H and O–H groups in total. The average Bonchev–Trinajstić information content (AvgIpc) is 2.98. The summed E-state index contributed by atoms with van der Waals surface area (Å²) >= 11 is 0. The molecule has 0 radical (unpaired) electrons. The van der Waals surface area contributed by atoms with Crippen molar-refractivity contribution in [1.82, 2.24) is 4.57 Å². The molecule has 0 saturated carbocycles. The average molecular weight is 377 g/mol. The first-order chi connectivity index (χ1) is 13.5. The number of benzene rings is 2. The Morgan fingerprint density at radius 3 is 2.36 bits per heavy atom. The summed E-state index contributed by atoms with van der Waals surface area (Å²) in [4.78, 5) is 24.1. The van der Waals surface area contributed by atoms with Crippen LogP contribution >= 0.6 is 0 Å². The Balaban J connectivity index is 2.02. The van der Waals surface area contributed by atoms with E-state index in [1.54, 1.807) is 19.1 Å². The Kier molecular flexibility index (Phi) is 5.94. The topological polar surface area (TPSA) is 68.5 Å². The molecule has 3 rings (SSSR count). The Morgan fingerprint density at radius 1 is 1.00 bits per heavy atom. The third-order valence-electron chi connectivity index (χ3n) is 4.73. The van der Waals surface area contributed by atoms with Gasteiger partial charge in [0, 0.05) is 19.2 Å². The molecule has 0 unspecified atom stereocenters. The van der Waals surface area contributed by atoms with Gasteiger partial charge in [-0.15, -0.1) is 0 Å². The minimum atomic E-state index is -0.956. The summed E-state index contributed by atoms with van der Waals surface area (Å²) in [6, 6.07) is 16.8. The number of carboxylic acids is 1. The summed E-state index contributed by atoms with van der Waals surface area (Å²) in [6.45, 7) is 4.50. The van der Waals surface area contributed by atoms with Crippen molar-refractivity contribution in [2.24, 2.45) is 0 Å². The predicted molar refractivity (Wildman–Crippen MR) is 107 cm³/mol. The molecule has 0 aliphatic rings. The SMILES string of the molecule is CCOC(=O)c1c(C)c(Cc2ccccc2C(=O)O)cn1Cc1ccccc1. The molecule has 1 aromatic heterocycles. The molecule has 0 bridgehead atoms. The van der Waals surface area contributed by atoms with E-state index in [9.17, 15) is 14.7 Å². The maximum Gasteiger partial charge on any atom is 0.355 e. The van der Waals surface area contributed by atoms with Crippen molar-refractivity contribution in [2.45, 2.75) is 26.8 Å². The monoisotopic (exact) mass is 377 g/mol. The fourth-order valence-corrected chi connectivity index (χ4v) is 3.36. The number of aromatic carboxylic acids is 1. The van der Waals surface area contributed by atoms with Crippen LogP contribution in [0.1, 0.15) is 50.0 Å². The molecular formula is C23H23NO4. The van der Waals surface area contributed by atoms with Gasteiger partial charge in [0.15, 0.2) is 0 Å². The van der Waals surface area contributed by atoms with Crippen molar-refractivity contribution in [3.63, 3.8) is 0 Å². The van der Waals surface area contributed by atoms with Crippen LogP contribution in [0.4, 0.5) is 0 Å². The second-order valence-corrected chi connectivity index (χ2v) is 6.60. The van der Waals surface area contributed by atoms with Crippen LogP contribution in [0.15, 0.2) is 60.8 Å². The van der Waals surface area contributed by atoms with Crippen LogP contribution in [0.25, 0.3) is 0 Å². The van der Waals surface area contributed by atoms with Crippen LogP contribution in [-0.4, -0.2) is 28.2 Å². The Morgan fingerprint density at radius 2 is 1.68 bits per heavy atom. The molecule has 0 atom stereocenters. The molecule has 0 aliphatic carbocycles. The summed E-state index contributed by atoms with van der Waals surface area (Å²) in [5, 5.41) is 9.45. The lowest BCUT2D eigenvalue weighted by molar-refractivity contribution is 0.0513. The zero-order chi connectivity index (χ0) is 20.1. The Labute approximate surface area is 164 Å². The van der Waals surface area contributed by atoms with E-state index < -0.39 is 5.97 Å². The van der Waals surface area contributed by atoms with Crippen molar-refractivity contribution in [2.75, 3.05) is 6.61 Å². The highest BCUT2D eigenvalue weighted by Gasteiger charge is 2.21. The van der Waals surface area contributed by atoms with Crippen LogP contribution in [-0.2, 0) is 17.7 Å². The molecule has 3 aromatic rings. The first-order valence-electron chi connectivity index (χ1n) is 9.22. The number of nitrogens with zero attached hydrogens (tertiary/aromatic N) is 1. The largest absolute Gasteiger partial charge is 0.478 e. The fourth-order valence-electron chi connectivity index (χ4n) is 3.36. The second kappa shape index (κ2) is 8.57. The van der Waals surface area contributed by atoms with Gasteiger partial charge in [-0.1, -0.05) is 48.5 Å². The number of ether oxygens (including phenoxy) is 1. The normalized spacial score (nSPS) is 10.6. The van der Waals surface area contributed by atoms with Crippen LogP contribution in [0.5, 0.6) is 0 Å². The molecule has 28 heavy (non-hydrogen) atoms. The number of carbonyl (C=O) groups excluding carboxylic acids is 1. The van der Waals surface area contributed by atoms with Gasteiger partial charge < -0.3 is 14.4 Å². The molecule has 1 heterocycles. The van der Waals surface area contributed by atoms with Crippen LogP contribution in [0.2, 0.25) is 0 Å². The molecule has 5 heteroatoms. The van der Waals surface area contributed by atoms with Crippen LogP contribution < -0.4 is 0 Å². The summed E-state index contributed by atoms with van der Waals surface area (Å²) in [7, 11) is 0. The maximum atomic E-state index is 12.6. The number of hydrogen-bond acceptors (Lipinski definition) is 3. The van der Waals surface area contributed by atoms with Gasteiger partial charge in [-0.05, 0) is 42.2 Å². The van der Waals surface area contributed by atoms with Gasteiger partial charge in [0.25, 0.3) is 0 Å². The molecule has 2 aromatic carbocycles. The zero-order valence-corrected chi connectivity index (χ0v) is 16.0. The van der Waals surface area contributed by atoms with E-state index in [1.165, 1.54) is 0 Å². The van der Waals surface area contributed by atoms with Crippen molar-refractivity contribution >= 4 is 11.9 Å². The highest BCUT2D eigenvalue weighted by atomic mass is 16.5. The van der Waals surface area contributed by atoms with Crippen molar-refractivity contribution in [3.8, 4) is 0 Å². The standard InChI is InChI=1S/C23H23NO4/c1-3-28-23(27)21-16(2)19(13-18-11-7-8-12-20(18)22(25)26)15-24(21)14-17-9-5-4-6-10-17/h4-12,15H,3,13-14H2,1-2H3,(H,25,26). The molecule has 0 aliphatic heterocycles. The van der Waals surface area contributed by atoms with Gasteiger partial charge in [-0.25, -0.2) is 9.59 Å². The molecule has 144 valence electrons. The van der Waals surface area contributed by atoms with E-state index in [4.69, 9.17) is 4.74 Å². The quantitative estimate of drug-likeness (QED) is 0.623. The van der Waals surface area contributed by atoms with Gasteiger partial charge in [0.05, 0.1) is 12.2 Å². The summed E-state index contributed by atoms with van der Waals surface area (Å²) in [5.74, 6) is -1.32. The molecule has 0 fully saturated rings. The van der Waals surface area contributed by atoms with Crippen LogP contribution in [0.3, 0.4) is 0 Å². The summed E-state index contributed by atoms with van der Waals surface area (Å²) in [6.07, 6.45) is 2.36. The zero-order valence-electron chi connectivity index (χ0n) is 16.0. The highest BCUT2D eigenvalue weighted by molar-refractivity contribution is 5.91. The predicted octanol–water partition coefficient (Wildman–Crippen LogP) is 4.31. The first-order valence-corrected chi connectivity index (χ1v) is 9.22. The van der Waals surface area contributed by atoms with Crippen LogP contribution in [0, 0.1) is 6.92 Å². The molecule has 0 saturated heterocycles. The van der Waals surface area contributed by atoms with Crippen molar-refractivity contribution in [1.29, 1.82) is 0 Å². The van der Waals surface area contributed by atoms with Crippen molar-refractivity contribution in [3.05, 3.63) is 94.3 Å². The minimum absolute atomic E-state index is 0.274. The number of esters is 1. The van der Waals surface area contributed by atoms with Gasteiger partial charge in [-0.3, -0.25) is 0 Å². The van der Waals surface area contributed by atoms with Gasteiger partial charge in [0.2, 0.25) is 0 Å². The lowest BCUT2D eigenvalue weighted by atomic mass is 9.99. The summed E-state index contributed by atoms with van der Waals surface area (Å²) < 4.78 is 7.15. The smallest absolute Gasteiger partial charge is 0.355 e. The highest BCUT2D eigenvalue weighted by Crippen LogP contribution is 2.24. The number of rotatable bonds is 7. The van der Waals surface area contributed by atoms with Gasteiger partial charge in [-0.2, -0.15) is 0 Å². The number of aromatic nitrogens is 1. The van der Waals surface area contributed by atoms with Gasteiger partial charge >= 0.3 is 11.9 Å². The second-order valence-electron chi connectivity index (χ2n) is 6.60. The number of carbonyl (C=O) groups is 2. The molecule has 0 spiro atoms. The third-order valence-corrected chi connectivity index (χ3v) is 4.73. The molecular weight excluding hydrogens is 354 g/mol. The summed E-state index contributed by atoms with van der Waals surface area (Å²) in [5.41, 5.74) is 4.29. The lowest BCUT2D eigenvalue weighted by Gasteiger charge is -2.09. The molecule has 0 amide bonds. The van der Waals surface area contributed by atoms with E-state index in [1.807, 2.05) is 60.2 Å². The third kappa shape index (κ3) is 4.14. The van der Waals surface area contributed by atoms with E-state index in [0.29, 0.717) is 30.8 Å². The Bertz CT molecular complexity index is 989. The lowest BCUT2D eigenvalue weighted by Crippen LogP contribution is -2.13. The Hall–Kier alpha value is -3.34. The fraction of sp³-hybridized carbons (Fsp3) is 0.217. The van der Waals surface area contributed by atoms with E-state index in [2.05, 4.69) is 0 Å². The first kappa shape index (κ1) is 19.4. The van der Waals surface area contributed by atoms with Crippen molar-refractivity contribution < 1.29 is 19.4 Å². The van der Waals surface area contributed by atoms with E-state index in [-0.39, 0.29) is 11.5 Å².